The van der Waals surface area contributed by atoms with Gasteiger partial charge in [0.25, 0.3) is 5.91 Å². The Balaban J connectivity index is 1.74. The van der Waals surface area contributed by atoms with Crippen LogP contribution in [0.3, 0.4) is 0 Å². The zero-order valence-corrected chi connectivity index (χ0v) is 17.9. The summed E-state index contributed by atoms with van der Waals surface area (Å²) < 4.78 is 0. The van der Waals surface area contributed by atoms with E-state index in [-0.39, 0.29) is 22.2 Å². The summed E-state index contributed by atoms with van der Waals surface area (Å²) in [6.45, 7) is 7.54. The van der Waals surface area contributed by atoms with Gasteiger partial charge in [-0.3, -0.25) is 14.5 Å². The van der Waals surface area contributed by atoms with Crippen LogP contribution in [0.25, 0.3) is 0 Å². The SMILES string of the molecule is Cc1nc(NC(=O)CN2C(=O)NC3(CC(C)CC(C)(C)C3)C2=O)c(Cl)cc1Cl. The second-order valence-corrected chi connectivity index (χ2v) is 9.51. The lowest BCUT2D eigenvalue weighted by Gasteiger charge is -2.43. The number of amides is 4. The van der Waals surface area contributed by atoms with Crippen LogP contribution in [0.4, 0.5) is 10.6 Å². The molecule has 1 aliphatic heterocycles. The van der Waals surface area contributed by atoms with Crippen molar-refractivity contribution >= 4 is 46.9 Å². The van der Waals surface area contributed by atoms with Crippen LogP contribution in [0.15, 0.2) is 6.07 Å². The van der Waals surface area contributed by atoms with Crippen molar-refractivity contribution in [1.29, 1.82) is 0 Å². The minimum Gasteiger partial charge on any atom is -0.323 e. The Morgan fingerprint density at radius 2 is 2.00 bits per heavy atom. The number of rotatable bonds is 3. The molecular formula is C19H24Cl2N4O3. The maximum absolute atomic E-state index is 13.1. The van der Waals surface area contributed by atoms with Crippen LogP contribution in [-0.2, 0) is 9.59 Å². The van der Waals surface area contributed by atoms with Crippen LogP contribution in [-0.4, -0.2) is 39.8 Å². The highest BCUT2D eigenvalue weighted by Crippen LogP contribution is 2.46. The Labute approximate surface area is 174 Å². The van der Waals surface area contributed by atoms with Gasteiger partial charge >= 0.3 is 6.03 Å². The monoisotopic (exact) mass is 426 g/mol. The summed E-state index contributed by atoms with van der Waals surface area (Å²) in [7, 11) is 0. The molecule has 0 aromatic carbocycles. The molecule has 0 bridgehead atoms. The molecule has 1 saturated heterocycles. The highest BCUT2D eigenvalue weighted by Gasteiger charge is 2.56. The molecule has 7 nitrogen and oxygen atoms in total. The number of pyridine rings is 1. The number of urea groups is 1. The van der Waals surface area contributed by atoms with Gasteiger partial charge in [-0.05, 0) is 43.6 Å². The van der Waals surface area contributed by atoms with Gasteiger partial charge in [0.05, 0.1) is 15.7 Å². The van der Waals surface area contributed by atoms with Crippen LogP contribution >= 0.6 is 23.2 Å². The molecular weight excluding hydrogens is 403 g/mol. The van der Waals surface area contributed by atoms with Gasteiger partial charge < -0.3 is 10.6 Å². The Hall–Kier alpha value is -1.86. The van der Waals surface area contributed by atoms with Gasteiger partial charge in [-0.25, -0.2) is 9.78 Å². The van der Waals surface area contributed by atoms with Crippen LogP contribution in [0, 0.1) is 18.3 Å². The van der Waals surface area contributed by atoms with E-state index in [2.05, 4.69) is 36.4 Å². The molecule has 2 fully saturated rings. The van der Waals surface area contributed by atoms with E-state index in [1.807, 2.05) is 0 Å². The predicted molar refractivity (Wildman–Crippen MR) is 107 cm³/mol. The smallest absolute Gasteiger partial charge is 0.323 e. The molecule has 2 aliphatic rings. The molecule has 2 heterocycles. The van der Waals surface area contributed by atoms with Crippen molar-refractivity contribution < 1.29 is 14.4 Å². The molecule has 1 saturated carbocycles. The second-order valence-electron chi connectivity index (χ2n) is 8.69. The van der Waals surface area contributed by atoms with Crippen LogP contribution in [0.5, 0.6) is 0 Å². The Kier molecular flexibility index (Phi) is 5.36. The highest BCUT2D eigenvalue weighted by molar-refractivity contribution is 6.36. The fourth-order valence-corrected chi connectivity index (χ4v) is 5.02. The fraction of sp³-hybridized carbons (Fsp3) is 0.579. The predicted octanol–water partition coefficient (Wildman–Crippen LogP) is 3.77. The molecule has 152 valence electrons. The van der Waals surface area contributed by atoms with Crippen LogP contribution in [0.1, 0.15) is 45.7 Å². The minimum absolute atomic E-state index is 0.0723. The lowest BCUT2D eigenvalue weighted by molar-refractivity contribution is -0.136. The fourth-order valence-electron chi connectivity index (χ4n) is 4.61. The maximum Gasteiger partial charge on any atom is 0.325 e. The Morgan fingerprint density at radius 1 is 1.32 bits per heavy atom. The molecule has 4 amide bonds. The quantitative estimate of drug-likeness (QED) is 0.719. The highest BCUT2D eigenvalue weighted by atomic mass is 35.5. The van der Waals surface area contributed by atoms with Gasteiger partial charge in [0.15, 0.2) is 5.82 Å². The molecule has 28 heavy (non-hydrogen) atoms. The van der Waals surface area contributed by atoms with Crippen molar-refractivity contribution in [2.75, 3.05) is 11.9 Å². The number of carbonyl (C=O) groups is 3. The molecule has 1 aliphatic carbocycles. The summed E-state index contributed by atoms with van der Waals surface area (Å²) in [4.78, 5) is 43.1. The van der Waals surface area contributed by atoms with E-state index in [9.17, 15) is 14.4 Å². The van der Waals surface area contributed by atoms with Crippen LogP contribution < -0.4 is 10.6 Å². The average Bonchev–Trinajstić information content (AvgIpc) is 2.74. The Morgan fingerprint density at radius 3 is 2.64 bits per heavy atom. The zero-order valence-electron chi connectivity index (χ0n) is 16.4. The second kappa shape index (κ2) is 7.19. The van der Waals surface area contributed by atoms with E-state index >= 15 is 0 Å². The molecule has 9 heteroatoms. The number of anilines is 1. The standard InChI is InChI=1S/C19H24Cl2N4O3/c1-10-6-18(3,4)9-19(7-10)16(27)25(17(28)24-19)8-14(26)23-15-13(21)5-12(20)11(2)22-15/h5,10H,6-9H2,1-4H3,(H,24,28)(H,22,23,26). The first-order valence-electron chi connectivity index (χ1n) is 9.19. The largest absolute Gasteiger partial charge is 0.325 e. The molecule has 1 spiro atoms. The van der Waals surface area contributed by atoms with Crippen molar-refractivity contribution in [3.63, 3.8) is 0 Å². The van der Waals surface area contributed by atoms with Crippen molar-refractivity contribution in [1.82, 2.24) is 15.2 Å². The van der Waals surface area contributed by atoms with E-state index in [4.69, 9.17) is 23.2 Å². The number of imide groups is 1. The average molecular weight is 427 g/mol. The first-order chi connectivity index (χ1) is 12.9. The van der Waals surface area contributed by atoms with Gasteiger partial charge in [0.2, 0.25) is 5.91 Å². The number of nitrogens with zero attached hydrogens (tertiary/aromatic N) is 2. The molecule has 1 aromatic rings. The van der Waals surface area contributed by atoms with E-state index in [1.165, 1.54) is 6.07 Å². The van der Waals surface area contributed by atoms with E-state index in [0.29, 0.717) is 29.5 Å². The molecule has 3 rings (SSSR count). The lowest BCUT2D eigenvalue weighted by atomic mass is 9.64. The first-order valence-corrected chi connectivity index (χ1v) is 9.95. The summed E-state index contributed by atoms with van der Waals surface area (Å²) >= 11 is 12.0. The Bertz CT molecular complexity index is 858. The van der Waals surface area contributed by atoms with E-state index < -0.39 is 24.0 Å². The first kappa shape index (κ1) is 20.9. The third-order valence-corrected chi connectivity index (χ3v) is 5.96. The van der Waals surface area contributed by atoms with E-state index in [1.54, 1.807) is 6.92 Å². The van der Waals surface area contributed by atoms with Crippen molar-refractivity contribution in [2.45, 2.75) is 52.5 Å². The third-order valence-electron chi connectivity index (χ3n) is 5.29. The number of carbonyl (C=O) groups excluding carboxylic acids is 3. The summed E-state index contributed by atoms with van der Waals surface area (Å²) in [6.07, 6.45) is 2.11. The van der Waals surface area contributed by atoms with Gasteiger partial charge in [-0.2, -0.15) is 0 Å². The lowest BCUT2D eigenvalue weighted by Crippen LogP contribution is -2.54. The summed E-state index contributed by atoms with van der Waals surface area (Å²) in [5.74, 6) is -0.469. The summed E-state index contributed by atoms with van der Waals surface area (Å²) in [6, 6.07) is 0.936. The molecule has 2 unspecified atom stereocenters. The molecule has 2 N–H and O–H groups in total. The van der Waals surface area contributed by atoms with E-state index in [0.717, 1.165) is 11.3 Å². The number of nitrogens with one attached hydrogen (secondary N) is 2. The van der Waals surface area contributed by atoms with Crippen molar-refractivity contribution in [2.24, 2.45) is 11.3 Å². The number of halogens is 2. The van der Waals surface area contributed by atoms with Gasteiger partial charge in [0.1, 0.15) is 12.1 Å². The topological polar surface area (TPSA) is 91.4 Å². The third kappa shape index (κ3) is 3.96. The molecule has 2 atom stereocenters. The molecule has 1 aromatic heterocycles. The van der Waals surface area contributed by atoms with Crippen LogP contribution in [0.2, 0.25) is 10.0 Å². The van der Waals surface area contributed by atoms with Gasteiger partial charge in [-0.1, -0.05) is 44.0 Å². The normalized spacial score (nSPS) is 26.5. The zero-order chi connectivity index (χ0) is 20.9. The van der Waals surface area contributed by atoms with Gasteiger partial charge in [0, 0.05) is 0 Å². The maximum atomic E-state index is 13.1. The number of aromatic nitrogens is 1. The summed E-state index contributed by atoms with van der Waals surface area (Å²) in [5, 5.41) is 5.96. The molecule has 0 radical (unpaired) electrons. The summed E-state index contributed by atoms with van der Waals surface area (Å²) in [5.41, 5.74) is -0.503. The number of hydrogen-bond acceptors (Lipinski definition) is 4. The van der Waals surface area contributed by atoms with Gasteiger partial charge in [-0.15, -0.1) is 0 Å². The van der Waals surface area contributed by atoms with Crippen molar-refractivity contribution in [3.05, 3.63) is 21.8 Å². The minimum atomic E-state index is -0.939. The number of aryl methyl sites for hydroxylation is 1. The number of hydrogen-bond donors (Lipinski definition) is 2. The van der Waals surface area contributed by atoms with Crippen molar-refractivity contribution in [3.8, 4) is 0 Å².